The van der Waals surface area contributed by atoms with E-state index in [0.29, 0.717) is 0 Å². The Morgan fingerprint density at radius 2 is 2.00 bits per heavy atom. The maximum absolute atomic E-state index is 10.3. The summed E-state index contributed by atoms with van der Waals surface area (Å²) >= 11 is 0. The van der Waals surface area contributed by atoms with Crippen molar-refractivity contribution in [1.29, 1.82) is 5.26 Å². The van der Waals surface area contributed by atoms with Crippen LogP contribution in [0, 0.1) is 11.3 Å². The molecule has 0 aliphatic heterocycles. The fourth-order valence-electron chi connectivity index (χ4n) is 0.328. The molecule has 0 aromatic heterocycles. The molecule has 1 N–H and O–H groups in total. The first kappa shape index (κ1) is 9.69. The summed E-state index contributed by atoms with van der Waals surface area (Å²) in [7, 11) is 1.01. The topological polar surface area (TPSA) is 70.0 Å². The van der Waals surface area contributed by atoms with E-state index in [0.717, 1.165) is 0 Å². The van der Waals surface area contributed by atoms with E-state index in [1.807, 2.05) is 4.72 Å². The van der Waals surface area contributed by atoms with Gasteiger partial charge in [0.05, 0.1) is 6.07 Å². The highest BCUT2D eigenvalue weighted by atomic mass is 35.7. The lowest BCUT2D eigenvalue weighted by molar-refractivity contribution is 0.548. The van der Waals surface area contributed by atoms with Gasteiger partial charge in [-0.15, -0.1) is 0 Å². The van der Waals surface area contributed by atoms with Crippen LogP contribution >= 0.6 is 10.7 Å². The van der Waals surface area contributed by atoms with Crippen molar-refractivity contribution in [3.8, 4) is 6.07 Å². The van der Waals surface area contributed by atoms with Crippen molar-refractivity contribution < 1.29 is 8.42 Å². The molecule has 0 radical (unpaired) electrons. The molecule has 0 saturated carbocycles. The zero-order valence-electron chi connectivity index (χ0n) is 5.55. The molecule has 0 saturated heterocycles. The molecule has 0 aliphatic rings. The molecule has 0 rings (SSSR count). The molecule has 6 heteroatoms. The summed E-state index contributed by atoms with van der Waals surface area (Å²) in [5, 5.41) is 8.32. The van der Waals surface area contributed by atoms with Crippen LogP contribution in [-0.4, -0.2) is 14.0 Å². The molecule has 0 fully saturated rings. The third-order valence-corrected chi connectivity index (χ3v) is 1.64. The second kappa shape index (κ2) is 2.74. The van der Waals surface area contributed by atoms with Crippen LogP contribution in [0.2, 0.25) is 0 Å². The standard InChI is InChI=1S/C4H7ClN2O2S/c1-4(2,3-6)7-10(5,8)9/h7H,1-2H3. The summed E-state index contributed by atoms with van der Waals surface area (Å²) < 4.78 is 22.5. The molecular weight excluding hydrogens is 176 g/mol. The maximum atomic E-state index is 10.3. The van der Waals surface area contributed by atoms with E-state index in [2.05, 4.69) is 0 Å². The second-order valence-electron chi connectivity index (χ2n) is 2.28. The lowest BCUT2D eigenvalue weighted by Crippen LogP contribution is -2.39. The normalized spacial score (nSPS) is 12.6. The molecule has 4 nitrogen and oxygen atoms in total. The van der Waals surface area contributed by atoms with Gasteiger partial charge in [0.1, 0.15) is 5.54 Å². The summed E-state index contributed by atoms with van der Waals surface area (Å²) in [5.74, 6) is 0. The highest BCUT2D eigenvalue weighted by molar-refractivity contribution is 8.12. The molecule has 58 valence electrons. The Balaban J connectivity index is 4.35. The Bertz CT molecular complexity index is 251. The monoisotopic (exact) mass is 182 g/mol. The second-order valence-corrected chi connectivity index (χ2v) is 4.58. The average molecular weight is 183 g/mol. The summed E-state index contributed by atoms with van der Waals surface area (Å²) in [6.45, 7) is 2.82. The number of hydrogen-bond acceptors (Lipinski definition) is 3. The van der Waals surface area contributed by atoms with Gasteiger partial charge in [-0.3, -0.25) is 0 Å². The highest BCUT2D eigenvalue weighted by Gasteiger charge is 2.21. The van der Waals surface area contributed by atoms with Gasteiger partial charge in [-0.25, -0.2) is 0 Å². The van der Waals surface area contributed by atoms with E-state index in [9.17, 15) is 8.42 Å². The fraction of sp³-hybridized carbons (Fsp3) is 0.750. The van der Waals surface area contributed by atoms with Crippen LogP contribution in [-0.2, 0) is 9.24 Å². The summed E-state index contributed by atoms with van der Waals surface area (Å²) in [6.07, 6.45) is 0. The number of halogens is 1. The van der Waals surface area contributed by atoms with E-state index in [1.165, 1.54) is 13.8 Å². The molecule has 10 heavy (non-hydrogen) atoms. The molecule has 0 unspecified atom stereocenters. The van der Waals surface area contributed by atoms with Crippen molar-refractivity contribution in [2.75, 3.05) is 0 Å². The molecule has 0 aromatic rings. The lowest BCUT2D eigenvalue weighted by atomic mass is 10.1. The number of nitrogens with one attached hydrogen (secondary N) is 1. The van der Waals surface area contributed by atoms with Gasteiger partial charge in [0.15, 0.2) is 0 Å². The van der Waals surface area contributed by atoms with E-state index < -0.39 is 14.8 Å². The van der Waals surface area contributed by atoms with Crippen molar-refractivity contribution in [3.63, 3.8) is 0 Å². The predicted octanol–water partition coefficient (Wildman–Crippen LogP) is 0.362. The Kier molecular flexibility index (Phi) is 2.66. The van der Waals surface area contributed by atoms with E-state index in [-0.39, 0.29) is 0 Å². The van der Waals surface area contributed by atoms with Gasteiger partial charge in [-0.1, -0.05) is 0 Å². The Labute approximate surface area is 64.3 Å². The molecule has 0 aliphatic carbocycles. The van der Waals surface area contributed by atoms with Crippen molar-refractivity contribution in [1.82, 2.24) is 4.72 Å². The maximum Gasteiger partial charge on any atom is 0.298 e. The molecule has 0 spiro atoms. The van der Waals surface area contributed by atoms with Crippen LogP contribution in [0.5, 0.6) is 0 Å². The van der Waals surface area contributed by atoms with Crippen LogP contribution in [0.3, 0.4) is 0 Å². The van der Waals surface area contributed by atoms with Crippen LogP contribution in [0.4, 0.5) is 0 Å². The van der Waals surface area contributed by atoms with Gasteiger partial charge >= 0.3 is 0 Å². The van der Waals surface area contributed by atoms with Gasteiger partial charge in [-0.2, -0.15) is 18.4 Å². The zero-order chi connectivity index (χ0) is 8.41. The first-order valence-corrected chi connectivity index (χ1v) is 4.72. The number of hydrogen-bond donors (Lipinski definition) is 1. The Morgan fingerprint density at radius 1 is 1.60 bits per heavy atom. The van der Waals surface area contributed by atoms with Gasteiger partial charge < -0.3 is 0 Å². The van der Waals surface area contributed by atoms with E-state index >= 15 is 0 Å². The lowest BCUT2D eigenvalue weighted by Gasteiger charge is -2.13. The highest BCUT2D eigenvalue weighted by Crippen LogP contribution is 2.03. The van der Waals surface area contributed by atoms with Gasteiger partial charge in [0.25, 0.3) is 9.24 Å². The average Bonchev–Trinajstić information content (AvgIpc) is 1.60. The zero-order valence-corrected chi connectivity index (χ0v) is 7.12. The Morgan fingerprint density at radius 3 is 2.10 bits per heavy atom. The molecule has 0 amide bonds. The largest absolute Gasteiger partial charge is 0.298 e. The quantitative estimate of drug-likeness (QED) is 0.627. The molecule has 0 atom stereocenters. The van der Waals surface area contributed by atoms with Gasteiger partial charge in [-0.05, 0) is 13.8 Å². The number of nitrogens with zero attached hydrogens (tertiary/aromatic N) is 1. The van der Waals surface area contributed by atoms with Crippen molar-refractivity contribution in [3.05, 3.63) is 0 Å². The number of rotatable bonds is 2. The SMILES string of the molecule is CC(C)(C#N)NS(=O)(=O)Cl. The minimum Gasteiger partial charge on any atom is -0.196 e. The van der Waals surface area contributed by atoms with E-state index in [4.69, 9.17) is 15.9 Å². The van der Waals surface area contributed by atoms with Gasteiger partial charge in [0, 0.05) is 10.7 Å². The molecule has 0 aromatic carbocycles. The summed E-state index contributed by atoms with van der Waals surface area (Å²) in [4.78, 5) is 0. The fourth-order valence-corrected chi connectivity index (χ4v) is 1.56. The minimum atomic E-state index is -3.79. The first-order chi connectivity index (χ1) is 4.27. The van der Waals surface area contributed by atoms with Crippen LogP contribution in [0.25, 0.3) is 0 Å². The van der Waals surface area contributed by atoms with Crippen molar-refractivity contribution in [2.24, 2.45) is 0 Å². The predicted molar refractivity (Wildman–Crippen MR) is 37.6 cm³/mol. The van der Waals surface area contributed by atoms with Gasteiger partial charge in [0.2, 0.25) is 0 Å². The van der Waals surface area contributed by atoms with Crippen LogP contribution < -0.4 is 4.72 Å². The summed E-state index contributed by atoms with van der Waals surface area (Å²) in [6, 6.07) is 1.72. The minimum absolute atomic E-state index is 1.14. The Hall–Kier alpha value is -0.310. The first-order valence-electron chi connectivity index (χ1n) is 2.42. The molecule has 0 bridgehead atoms. The number of nitriles is 1. The third-order valence-electron chi connectivity index (χ3n) is 0.657. The van der Waals surface area contributed by atoms with Crippen molar-refractivity contribution in [2.45, 2.75) is 19.4 Å². The van der Waals surface area contributed by atoms with Crippen LogP contribution in [0.15, 0.2) is 0 Å². The smallest absolute Gasteiger partial charge is 0.196 e. The third kappa shape index (κ3) is 4.56. The van der Waals surface area contributed by atoms with Crippen molar-refractivity contribution >= 4 is 19.9 Å². The van der Waals surface area contributed by atoms with Crippen LogP contribution in [0.1, 0.15) is 13.8 Å². The van der Waals surface area contributed by atoms with E-state index in [1.54, 1.807) is 6.07 Å². The summed E-state index contributed by atoms with van der Waals surface area (Å²) in [5.41, 5.74) is -1.14. The molecular formula is C4H7ClN2O2S. The molecule has 0 heterocycles.